The summed E-state index contributed by atoms with van der Waals surface area (Å²) in [7, 11) is -0.333. The fourth-order valence-corrected chi connectivity index (χ4v) is 3.14. The molecule has 2 rings (SSSR count). The van der Waals surface area contributed by atoms with Crippen LogP contribution in [0.25, 0.3) is 0 Å². The zero-order chi connectivity index (χ0) is 18.4. The van der Waals surface area contributed by atoms with Crippen molar-refractivity contribution in [3.63, 3.8) is 0 Å². The molecule has 1 aromatic rings. The highest BCUT2D eigenvalue weighted by Gasteiger charge is 2.37. The summed E-state index contributed by atoms with van der Waals surface area (Å²) in [5, 5.41) is 0. The first-order valence-electron chi connectivity index (χ1n) is 8.09. The fourth-order valence-electron chi connectivity index (χ4n) is 2.74. The molecule has 1 aliphatic rings. The van der Waals surface area contributed by atoms with Gasteiger partial charge >= 0.3 is 0 Å². The SMILES string of the molecule is COc1ccc(CO[C@H]2C[C@@H](COS(C)(=O)=O)O[C@@H](OC)[C@@H]2C)cc1. The lowest BCUT2D eigenvalue weighted by Gasteiger charge is -2.39. The second-order valence-corrected chi connectivity index (χ2v) is 7.79. The molecule has 1 fully saturated rings. The van der Waals surface area contributed by atoms with Gasteiger partial charge in [-0.3, -0.25) is 4.18 Å². The van der Waals surface area contributed by atoms with Crippen molar-refractivity contribution in [1.29, 1.82) is 0 Å². The Morgan fingerprint density at radius 2 is 1.88 bits per heavy atom. The molecule has 0 N–H and O–H groups in total. The van der Waals surface area contributed by atoms with Gasteiger partial charge in [0.25, 0.3) is 10.1 Å². The first-order valence-corrected chi connectivity index (χ1v) is 9.91. The average molecular weight is 374 g/mol. The van der Waals surface area contributed by atoms with Crippen LogP contribution in [0.5, 0.6) is 5.75 Å². The Hall–Kier alpha value is -1.19. The van der Waals surface area contributed by atoms with Gasteiger partial charge in [0.2, 0.25) is 0 Å². The number of methoxy groups -OCH3 is 2. The molecule has 1 aromatic carbocycles. The summed E-state index contributed by atoms with van der Waals surface area (Å²) in [6.07, 6.45) is 0.546. The van der Waals surface area contributed by atoms with Crippen LogP contribution in [-0.2, 0) is 35.1 Å². The predicted molar refractivity (Wildman–Crippen MR) is 91.8 cm³/mol. The van der Waals surface area contributed by atoms with E-state index in [9.17, 15) is 8.42 Å². The zero-order valence-electron chi connectivity index (χ0n) is 15.0. The van der Waals surface area contributed by atoms with Gasteiger partial charge < -0.3 is 18.9 Å². The van der Waals surface area contributed by atoms with Gasteiger partial charge in [-0.2, -0.15) is 8.42 Å². The third kappa shape index (κ3) is 6.23. The maximum absolute atomic E-state index is 11.2. The van der Waals surface area contributed by atoms with Crippen molar-refractivity contribution < 1.29 is 31.5 Å². The van der Waals surface area contributed by atoms with Crippen LogP contribution in [0.3, 0.4) is 0 Å². The van der Waals surface area contributed by atoms with Crippen molar-refractivity contribution in [3.8, 4) is 5.75 Å². The molecular formula is C17H26O7S. The molecule has 8 heteroatoms. The third-order valence-electron chi connectivity index (χ3n) is 4.16. The summed E-state index contributed by atoms with van der Waals surface area (Å²) in [6.45, 7) is 2.38. The van der Waals surface area contributed by atoms with Gasteiger partial charge in [-0.15, -0.1) is 0 Å². The summed E-state index contributed by atoms with van der Waals surface area (Å²) >= 11 is 0. The molecule has 1 saturated heterocycles. The van der Waals surface area contributed by atoms with E-state index in [4.69, 9.17) is 23.1 Å². The van der Waals surface area contributed by atoms with E-state index in [0.29, 0.717) is 13.0 Å². The van der Waals surface area contributed by atoms with Crippen molar-refractivity contribution in [2.45, 2.75) is 38.4 Å². The minimum Gasteiger partial charge on any atom is -0.497 e. The quantitative estimate of drug-likeness (QED) is 0.644. The number of hydrogen-bond acceptors (Lipinski definition) is 7. The Bertz CT molecular complexity index is 629. The Morgan fingerprint density at radius 1 is 1.20 bits per heavy atom. The van der Waals surface area contributed by atoms with E-state index >= 15 is 0 Å². The van der Waals surface area contributed by atoms with E-state index in [2.05, 4.69) is 0 Å². The molecule has 0 aromatic heterocycles. The predicted octanol–water partition coefficient (Wildman–Crippen LogP) is 1.95. The molecule has 4 atom stereocenters. The van der Waals surface area contributed by atoms with Crippen LogP contribution in [0.1, 0.15) is 18.9 Å². The first kappa shape index (κ1) is 20.1. The van der Waals surface area contributed by atoms with Crippen molar-refractivity contribution >= 4 is 10.1 Å². The smallest absolute Gasteiger partial charge is 0.264 e. The van der Waals surface area contributed by atoms with Crippen LogP contribution >= 0.6 is 0 Å². The first-order chi connectivity index (χ1) is 11.8. The minimum absolute atomic E-state index is 0.0118. The van der Waals surface area contributed by atoms with Gasteiger partial charge in [-0.1, -0.05) is 19.1 Å². The van der Waals surface area contributed by atoms with Crippen LogP contribution in [0, 0.1) is 5.92 Å². The number of hydrogen-bond donors (Lipinski definition) is 0. The van der Waals surface area contributed by atoms with Gasteiger partial charge in [-0.05, 0) is 17.7 Å². The minimum atomic E-state index is -3.51. The molecule has 0 amide bonds. The number of benzene rings is 1. The second kappa shape index (κ2) is 8.95. The molecular weight excluding hydrogens is 348 g/mol. The van der Waals surface area contributed by atoms with Crippen molar-refractivity contribution in [2.24, 2.45) is 5.92 Å². The maximum Gasteiger partial charge on any atom is 0.264 e. The van der Waals surface area contributed by atoms with Crippen molar-refractivity contribution in [3.05, 3.63) is 29.8 Å². The van der Waals surface area contributed by atoms with E-state index in [1.165, 1.54) is 0 Å². The van der Waals surface area contributed by atoms with Crippen LogP contribution in [0.4, 0.5) is 0 Å². The Labute approximate surface area is 149 Å². The second-order valence-electron chi connectivity index (χ2n) is 6.14. The summed E-state index contributed by atoms with van der Waals surface area (Å²) < 4.78 is 49.5. The van der Waals surface area contributed by atoms with Crippen molar-refractivity contribution in [2.75, 3.05) is 27.1 Å². The highest BCUT2D eigenvalue weighted by Crippen LogP contribution is 2.29. The molecule has 1 heterocycles. The third-order valence-corrected chi connectivity index (χ3v) is 4.73. The molecule has 0 radical (unpaired) electrons. The van der Waals surface area contributed by atoms with Gasteiger partial charge in [0.15, 0.2) is 6.29 Å². The van der Waals surface area contributed by atoms with E-state index in [1.54, 1.807) is 14.2 Å². The van der Waals surface area contributed by atoms with E-state index in [1.807, 2.05) is 31.2 Å². The normalized spacial score (nSPS) is 27.2. The van der Waals surface area contributed by atoms with Crippen molar-refractivity contribution in [1.82, 2.24) is 0 Å². The summed E-state index contributed by atoms with van der Waals surface area (Å²) in [4.78, 5) is 0. The number of rotatable bonds is 8. The van der Waals surface area contributed by atoms with Crippen LogP contribution in [-0.4, -0.2) is 54.0 Å². The highest BCUT2D eigenvalue weighted by molar-refractivity contribution is 7.85. The highest BCUT2D eigenvalue weighted by atomic mass is 32.2. The average Bonchev–Trinajstić information content (AvgIpc) is 2.59. The lowest BCUT2D eigenvalue weighted by atomic mass is 9.95. The van der Waals surface area contributed by atoms with E-state index in [0.717, 1.165) is 17.6 Å². The lowest BCUT2D eigenvalue weighted by Crippen LogP contribution is -2.46. The fraction of sp³-hybridized carbons (Fsp3) is 0.647. The monoisotopic (exact) mass is 374 g/mol. The molecule has 0 saturated carbocycles. The van der Waals surface area contributed by atoms with Gasteiger partial charge in [0.05, 0.1) is 38.8 Å². The van der Waals surface area contributed by atoms with Gasteiger partial charge in [-0.25, -0.2) is 0 Å². The standard InChI is InChI=1S/C17H26O7S/c1-12-16(22-10-13-5-7-14(20-2)8-6-13)9-15(24-17(12)21-3)11-23-25(4,18)19/h5-8,12,15-17H,9-11H2,1-4H3/t12-,15+,16+,17-/m1/s1. The molecule has 25 heavy (non-hydrogen) atoms. The molecule has 7 nitrogen and oxygen atoms in total. The van der Waals surface area contributed by atoms with Gasteiger partial charge in [0.1, 0.15) is 5.75 Å². The van der Waals surface area contributed by atoms with Gasteiger partial charge in [0, 0.05) is 19.4 Å². The molecule has 0 spiro atoms. The van der Waals surface area contributed by atoms with Crippen LogP contribution in [0.15, 0.2) is 24.3 Å². The van der Waals surface area contributed by atoms with E-state index < -0.39 is 22.5 Å². The topological polar surface area (TPSA) is 80.3 Å². The summed E-state index contributed by atoms with van der Waals surface area (Å²) in [5.74, 6) is 0.804. The number of ether oxygens (including phenoxy) is 4. The van der Waals surface area contributed by atoms with Crippen LogP contribution in [0.2, 0.25) is 0 Å². The summed E-state index contributed by atoms with van der Waals surface area (Å²) in [6, 6.07) is 7.65. The molecule has 0 unspecified atom stereocenters. The molecule has 1 aliphatic heterocycles. The molecule has 0 aliphatic carbocycles. The molecule has 0 bridgehead atoms. The zero-order valence-corrected chi connectivity index (χ0v) is 15.8. The maximum atomic E-state index is 11.2. The Kier molecular flexibility index (Phi) is 7.21. The molecule has 142 valence electrons. The van der Waals surface area contributed by atoms with Crippen LogP contribution < -0.4 is 4.74 Å². The Balaban J connectivity index is 1.95. The van der Waals surface area contributed by atoms with E-state index in [-0.39, 0.29) is 18.6 Å². The lowest BCUT2D eigenvalue weighted by molar-refractivity contribution is -0.246. The summed E-state index contributed by atoms with van der Waals surface area (Å²) in [5.41, 5.74) is 1.03. The Morgan fingerprint density at radius 3 is 2.44 bits per heavy atom. The largest absolute Gasteiger partial charge is 0.497 e.